The highest BCUT2D eigenvalue weighted by molar-refractivity contribution is 6.05. The van der Waals surface area contributed by atoms with E-state index in [2.05, 4.69) is 5.32 Å². The van der Waals surface area contributed by atoms with E-state index < -0.39 is 31.0 Å². The third kappa shape index (κ3) is 4.38. The van der Waals surface area contributed by atoms with E-state index in [4.69, 9.17) is 13.6 Å². The fraction of sp³-hybridized carbons (Fsp3) is 0.360. The summed E-state index contributed by atoms with van der Waals surface area (Å²) in [6.07, 6.45) is 0.475. The van der Waals surface area contributed by atoms with Gasteiger partial charge in [0.2, 0.25) is 17.7 Å². The lowest BCUT2D eigenvalue weighted by Gasteiger charge is -2.29. The second kappa shape index (κ2) is 9.26. The molecule has 34 heavy (non-hydrogen) atoms. The molecular weight excluding hydrogens is 438 g/mol. The number of nitrogens with zero attached hydrogens (tertiary/aromatic N) is 2. The van der Waals surface area contributed by atoms with Crippen LogP contribution in [0.1, 0.15) is 44.0 Å². The highest BCUT2D eigenvalue weighted by Crippen LogP contribution is 2.34. The summed E-state index contributed by atoms with van der Waals surface area (Å²) in [5.41, 5.74) is 2.78. The zero-order valence-corrected chi connectivity index (χ0v) is 18.3. The van der Waals surface area contributed by atoms with Crippen LogP contribution in [0.15, 0.2) is 42.5 Å². The molecule has 2 saturated heterocycles. The SMILES string of the molecule is [2H]C1CN(Cc2ccc(COc3cccc4c3CN(C3CCC(=O)NC3=O)C4=O)cc2)C(=O)C([2H])([2H])O1. The number of morpholine rings is 1. The second-order valence-corrected chi connectivity index (χ2v) is 8.36. The van der Waals surface area contributed by atoms with Gasteiger partial charge in [-0.2, -0.15) is 0 Å². The van der Waals surface area contributed by atoms with Crippen LogP contribution in [-0.2, 0) is 38.8 Å². The van der Waals surface area contributed by atoms with Gasteiger partial charge in [0.15, 0.2) is 0 Å². The summed E-state index contributed by atoms with van der Waals surface area (Å²) < 4.78 is 33.8. The Balaban J connectivity index is 1.23. The van der Waals surface area contributed by atoms with Crippen molar-refractivity contribution >= 4 is 23.6 Å². The van der Waals surface area contributed by atoms with E-state index in [1.807, 2.05) is 12.1 Å². The molecule has 9 nitrogen and oxygen atoms in total. The number of benzene rings is 2. The van der Waals surface area contributed by atoms with Gasteiger partial charge in [0.25, 0.3) is 5.91 Å². The van der Waals surface area contributed by atoms with Crippen LogP contribution in [0.5, 0.6) is 5.75 Å². The molecule has 1 N–H and O–H groups in total. The summed E-state index contributed by atoms with van der Waals surface area (Å²) in [4.78, 5) is 51.7. The van der Waals surface area contributed by atoms with E-state index in [1.54, 1.807) is 30.3 Å². The smallest absolute Gasteiger partial charge is 0.255 e. The molecule has 0 aromatic heterocycles. The molecule has 0 aliphatic carbocycles. The largest absolute Gasteiger partial charge is 0.489 e. The third-order valence-corrected chi connectivity index (χ3v) is 6.14. The quantitative estimate of drug-likeness (QED) is 0.645. The van der Waals surface area contributed by atoms with E-state index in [-0.39, 0.29) is 50.9 Å². The molecule has 2 atom stereocenters. The monoisotopic (exact) mass is 466 g/mol. The summed E-state index contributed by atoms with van der Waals surface area (Å²) in [5, 5.41) is 2.29. The Morgan fingerprint density at radius 3 is 2.68 bits per heavy atom. The number of amides is 4. The van der Waals surface area contributed by atoms with E-state index in [9.17, 15) is 19.2 Å². The van der Waals surface area contributed by atoms with Crippen LogP contribution >= 0.6 is 0 Å². The summed E-state index contributed by atoms with van der Waals surface area (Å²) in [6.45, 7) is -3.08. The lowest BCUT2D eigenvalue weighted by Crippen LogP contribution is -2.52. The Morgan fingerprint density at radius 1 is 1.09 bits per heavy atom. The molecule has 176 valence electrons. The van der Waals surface area contributed by atoms with Crippen LogP contribution in [0.2, 0.25) is 0 Å². The van der Waals surface area contributed by atoms with Crippen molar-refractivity contribution in [1.29, 1.82) is 0 Å². The molecule has 2 unspecified atom stereocenters. The average Bonchev–Trinajstić information content (AvgIpc) is 3.18. The normalized spacial score (nSPS) is 25.4. The third-order valence-electron chi connectivity index (χ3n) is 6.14. The minimum atomic E-state index is -2.51. The van der Waals surface area contributed by atoms with Crippen LogP contribution in [0.25, 0.3) is 0 Å². The van der Waals surface area contributed by atoms with E-state index in [1.165, 1.54) is 9.80 Å². The maximum Gasteiger partial charge on any atom is 0.255 e. The second-order valence-electron chi connectivity index (χ2n) is 8.36. The molecule has 2 aromatic rings. The van der Waals surface area contributed by atoms with Crippen molar-refractivity contribution in [3.05, 3.63) is 64.7 Å². The van der Waals surface area contributed by atoms with Crippen LogP contribution < -0.4 is 10.1 Å². The molecule has 3 aliphatic heterocycles. The van der Waals surface area contributed by atoms with Gasteiger partial charge in [-0.25, -0.2) is 0 Å². The van der Waals surface area contributed by atoms with Gasteiger partial charge in [-0.15, -0.1) is 0 Å². The van der Waals surface area contributed by atoms with Crippen LogP contribution in [-0.4, -0.2) is 59.2 Å². The first-order valence-corrected chi connectivity index (χ1v) is 11.0. The van der Waals surface area contributed by atoms with E-state index >= 15 is 0 Å². The van der Waals surface area contributed by atoms with Crippen molar-refractivity contribution in [2.24, 2.45) is 0 Å². The Morgan fingerprint density at radius 2 is 1.88 bits per heavy atom. The predicted molar refractivity (Wildman–Crippen MR) is 119 cm³/mol. The highest BCUT2D eigenvalue weighted by Gasteiger charge is 2.40. The summed E-state index contributed by atoms with van der Waals surface area (Å²) >= 11 is 0. The molecule has 5 rings (SSSR count). The molecule has 2 aromatic carbocycles. The van der Waals surface area contributed by atoms with Crippen LogP contribution in [0.4, 0.5) is 0 Å². The minimum Gasteiger partial charge on any atom is -0.489 e. The van der Waals surface area contributed by atoms with Gasteiger partial charge in [0, 0.05) is 30.6 Å². The molecule has 0 radical (unpaired) electrons. The van der Waals surface area contributed by atoms with Gasteiger partial charge >= 0.3 is 0 Å². The highest BCUT2D eigenvalue weighted by atomic mass is 16.5. The summed E-state index contributed by atoms with van der Waals surface area (Å²) in [7, 11) is 0. The number of hydrogen-bond donors (Lipinski definition) is 1. The number of fused-ring (bicyclic) bond motifs is 1. The number of imide groups is 1. The first kappa shape index (κ1) is 18.7. The molecule has 3 heterocycles. The van der Waals surface area contributed by atoms with Crippen LogP contribution in [0, 0.1) is 0 Å². The van der Waals surface area contributed by atoms with Crippen molar-refractivity contribution in [3.63, 3.8) is 0 Å². The number of rotatable bonds is 6. The van der Waals surface area contributed by atoms with Crippen molar-refractivity contribution in [2.45, 2.75) is 38.6 Å². The first-order valence-electron chi connectivity index (χ1n) is 12.6. The predicted octanol–water partition coefficient (Wildman–Crippen LogP) is 1.39. The number of carbonyl (C=O) groups is 4. The van der Waals surface area contributed by atoms with E-state index in [0.29, 0.717) is 16.9 Å². The molecule has 0 spiro atoms. The van der Waals surface area contributed by atoms with Crippen molar-refractivity contribution in [2.75, 3.05) is 19.7 Å². The number of piperidine rings is 1. The standard InChI is InChI=1S/C25H25N3O6/c29-22-9-8-20(24(31)26-22)28-13-19-18(25(28)32)2-1-3-21(19)34-14-17-6-4-16(5-7-17)12-27-10-11-33-15-23(27)30/h1-7,20H,8-15H2,(H,26,29,31)/i11D,15D2. The molecule has 0 bridgehead atoms. The van der Waals surface area contributed by atoms with Crippen molar-refractivity contribution in [3.8, 4) is 5.75 Å². The first-order chi connectivity index (χ1) is 17.6. The number of hydrogen-bond acceptors (Lipinski definition) is 6. The molecule has 9 heteroatoms. The lowest BCUT2D eigenvalue weighted by molar-refractivity contribution is -0.143. The van der Waals surface area contributed by atoms with Crippen molar-refractivity contribution in [1.82, 2.24) is 15.1 Å². The Labute approximate surface area is 200 Å². The molecule has 2 fully saturated rings. The molecule has 0 saturated carbocycles. The summed E-state index contributed by atoms with van der Waals surface area (Å²) in [5.74, 6) is -1.34. The van der Waals surface area contributed by atoms with Gasteiger partial charge in [-0.3, -0.25) is 24.5 Å². The minimum absolute atomic E-state index is 0.0170. The molecule has 3 aliphatic rings. The van der Waals surface area contributed by atoms with Gasteiger partial charge in [-0.05, 0) is 29.7 Å². The molecule has 4 amide bonds. The zero-order valence-electron chi connectivity index (χ0n) is 21.3. The zero-order chi connectivity index (χ0) is 26.3. The number of nitrogens with one attached hydrogen (secondary N) is 1. The van der Waals surface area contributed by atoms with Gasteiger partial charge < -0.3 is 19.3 Å². The average molecular weight is 467 g/mol. The molecular formula is C25H25N3O6. The Hall–Kier alpha value is -3.72. The van der Waals surface area contributed by atoms with Gasteiger partial charge in [0.05, 0.1) is 17.2 Å². The lowest BCUT2D eigenvalue weighted by atomic mass is 10.0. The fourth-order valence-corrected chi connectivity index (χ4v) is 4.32. The summed E-state index contributed by atoms with van der Waals surface area (Å²) in [6, 6.07) is 11.8. The van der Waals surface area contributed by atoms with E-state index in [0.717, 1.165) is 11.1 Å². The number of ether oxygens (including phenoxy) is 2. The fourth-order valence-electron chi connectivity index (χ4n) is 4.32. The van der Waals surface area contributed by atoms with Gasteiger partial charge in [-0.1, -0.05) is 30.3 Å². The van der Waals surface area contributed by atoms with Crippen molar-refractivity contribution < 1.29 is 32.8 Å². The topological polar surface area (TPSA) is 105 Å². The Bertz CT molecular complexity index is 1270. The maximum atomic E-state index is 13.0. The Kier molecular flexibility index (Phi) is 5.09. The maximum absolute atomic E-state index is 13.0. The van der Waals surface area contributed by atoms with Gasteiger partial charge in [0.1, 0.15) is 25.0 Å². The number of carbonyl (C=O) groups excluding carboxylic acids is 4. The van der Waals surface area contributed by atoms with Crippen LogP contribution in [0.3, 0.4) is 0 Å².